The maximum absolute atomic E-state index is 11.8. The van der Waals surface area contributed by atoms with Crippen LogP contribution in [-0.2, 0) is 0 Å². The summed E-state index contributed by atoms with van der Waals surface area (Å²) in [5.41, 5.74) is 6.36. The van der Waals surface area contributed by atoms with Gasteiger partial charge in [-0.15, -0.1) is 17.9 Å². The molecule has 5 heteroatoms. The van der Waals surface area contributed by atoms with E-state index in [1.807, 2.05) is 6.07 Å². The number of unbranched alkanes of at least 4 members (excludes halogenated alkanes) is 2. The van der Waals surface area contributed by atoms with Crippen LogP contribution in [-0.4, -0.2) is 19.0 Å². The third-order valence-electron chi connectivity index (χ3n) is 2.45. The average molecular weight is 267 g/mol. The van der Waals surface area contributed by atoms with Gasteiger partial charge in [0, 0.05) is 13.1 Å². The normalized spacial score (nSPS) is 10.1. The van der Waals surface area contributed by atoms with Crippen molar-refractivity contribution >= 4 is 27.9 Å². The Bertz CT molecular complexity index is 401. The summed E-state index contributed by atoms with van der Waals surface area (Å²) in [5, 5.41) is 6.97. The highest BCUT2D eigenvalue weighted by molar-refractivity contribution is 7.18. The maximum Gasteiger partial charge on any atom is 0.263 e. The van der Waals surface area contributed by atoms with E-state index in [0.29, 0.717) is 17.1 Å². The van der Waals surface area contributed by atoms with Crippen molar-refractivity contribution in [2.45, 2.75) is 26.2 Å². The lowest BCUT2D eigenvalue weighted by atomic mass is 10.2. The number of hydrogen-bond donors (Lipinski definition) is 3. The van der Waals surface area contributed by atoms with Gasteiger partial charge in [-0.25, -0.2) is 0 Å². The molecule has 0 aliphatic rings. The third kappa shape index (κ3) is 4.41. The monoisotopic (exact) mass is 267 g/mol. The van der Waals surface area contributed by atoms with Crippen molar-refractivity contribution in [1.29, 1.82) is 0 Å². The quantitative estimate of drug-likeness (QED) is 0.501. The molecular weight excluding hydrogens is 246 g/mol. The molecule has 0 radical (unpaired) electrons. The number of rotatable bonds is 8. The predicted octanol–water partition coefficient (Wildman–Crippen LogP) is 2.85. The van der Waals surface area contributed by atoms with Crippen LogP contribution in [0.4, 0.5) is 10.7 Å². The Kier molecular flexibility index (Phi) is 6.28. The van der Waals surface area contributed by atoms with Crippen LogP contribution in [0.15, 0.2) is 18.7 Å². The number of carbonyl (C=O) groups is 1. The zero-order valence-electron chi connectivity index (χ0n) is 10.8. The summed E-state index contributed by atoms with van der Waals surface area (Å²) in [7, 11) is 0. The van der Waals surface area contributed by atoms with Crippen molar-refractivity contribution < 1.29 is 4.79 Å². The van der Waals surface area contributed by atoms with Crippen molar-refractivity contribution in [3.63, 3.8) is 0 Å². The van der Waals surface area contributed by atoms with Crippen LogP contribution < -0.4 is 16.4 Å². The lowest BCUT2D eigenvalue weighted by Crippen LogP contribution is -2.22. The van der Waals surface area contributed by atoms with Crippen molar-refractivity contribution in [3.8, 4) is 0 Å². The van der Waals surface area contributed by atoms with Crippen LogP contribution in [0.2, 0.25) is 0 Å². The van der Waals surface area contributed by atoms with Crippen molar-refractivity contribution in [2.24, 2.45) is 0 Å². The van der Waals surface area contributed by atoms with E-state index < -0.39 is 0 Å². The number of hydrogen-bond acceptors (Lipinski definition) is 4. The molecule has 1 aromatic heterocycles. The van der Waals surface area contributed by atoms with E-state index in [2.05, 4.69) is 24.1 Å². The summed E-state index contributed by atoms with van der Waals surface area (Å²) < 4.78 is 0. The van der Waals surface area contributed by atoms with Crippen LogP contribution in [0.5, 0.6) is 0 Å². The topological polar surface area (TPSA) is 67.2 Å². The lowest BCUT2D eigenvalue weighted by molar-refractivity contribution is 0.0963. The van der Waals surface area contributed by atoms with Gasteiger partial charge in [-0.05, 0) is 12.5 Å². The first-order valence-electron chi connectivity index (χ1n) is 6.21. The first-order valence-corrected chi connectivity index (χ1v) is 7.03. The fourth-order valence-electron chi connectivity index (χ4n) is 1.50. The highest BCUT2D eigenvalue weighted by Gasteiger charge is 2.13. The Balaban J connectivity index is 2.52. The fraction of sp³-hybridized carbons (Fsp3) is 0.462. The highest BCUT2D eigenvalue weighted by Crippen LogP contribution is 2.29. The molecule has 0 saturated heterocycles. The molecule has 0 fully saturated rings. The summed E-state index contributed by atoms with van der Waals surface area (Å²) in [6.07, 6.45) is 5.18. The largest absolute Gasteiger partial charge is 0.397 e. The van der Waals surface area contributed by atoms with Gasteiger partial charge in [-0.3, -0.25) is 4.79 Å². The summed E-state index contributed by atoms with van der Waals surface area (Å²) in [4.78, 5) is 12.3. The third-order valence-corrected chi connectivity index (χ3v) is 3.56. The number of anilines is 2. The molecule has 0 spiro atoms. The Labute approximate surface area is 112 Å². The van der Waals surface area contributed by atoms with Crippen LogP contribution >= 0.6 is 11.3 Å². The molecule has 100 valence electrons. The molecule has 1 heterocycles. The van der Waals surface area contributed by atoms with Gasteiger partial charge in [-0.1, -0.05) is 25.8 Å². The van der Waals surface area contributed by atoms with Crippen LogP contribution in [0.3, 0.4) is 0 Å². The van der Waals surface area contributed by atoms with Crippen LogP contribution in [0, 0.1) is 0 Å². The van der Waals surface area contributed by atoms with E-state index in [1.165, 1.54) is 24.2 Å². The molecule has 18 heavy (non-hydrogen) atoms. The van der Waals surface area contributed by atoms with Crippen LogP contribution in [0.25, 0.3) is 0 Å². The molecule has 0 saturated carbocycles. The predicted molar refractivity (Wildman–Crippen MR) is 79.3 cm³/mol. The molecule has 1 rings (SSSR count). The van der Waals surface area contributed by atoms with Gasteiger partial charge in [0.1, 0.15) is 4.88 Å². The zero-order valence-corrected chi connectivity index (χ0v) is 11.6. The molecule has 4 N–H and O–H groups in total. The van der Waals surface area contributed by atoms with Crippen molar-refractivity contribution in [3.05, 3.63) is 23.6 Å². The van der Waals surface area contributed by atoms with Gasteiger partial charge in [0.2, 0.25) is 0 Å². The Morgan fingerprint density at radius 1 is 1.56 bits per heavy atom. The molecule has 0 unspecified atom stereocenters. The number of nitrogens with one attached hydrogen (secondary N) is 2. The molecule has 0 aliphatic carbocycles. The number of nitrogens with two attached hydrogens (primary N) is 1. The van der Waals surface area contributed by atoms with E-state index in [1.54, 1.807) is 6.08 Å². The highest BCUT2D eigenvalue weighted by atomic mass is 32.1. The second-order valence-corrected chi connectivity index (χ2v) is 5.08. The van der Waals surface area contributed by atoms with Crippen molar-refractivity contribution in [2.75, 3.05) is 24.1 Å². The maximum atomic E-state index is 11.8. The summed E-state index contributed by atoms with van der Waals surface area (Å²) in [6.45, 7) is 7.10. The first kappa shape index (κ1) is 14.6. The SMILES string of the molecule is C=CCNC(=O)c1sc(NCCCCC)cc1N. The Morgan fingerprint density at radius 3 is 3.00 bits per heavy atom. The molecular formula is C13H21N3OS. The Morgan fingerprint density at radius 2 is 2.33 bits per heavy atom. The summed E-state index contributed by atoms with van der Waals surface area (Å²) in [5.74, 6) is -0.140. The minimum Gasteiger partial charge on any atom is -0.397 e. The second kappa shape index (κ2) is 7.76. The summed E-state index contributed by atoms with van der Waals surface area (Å²) >= 11 is 1.39. The number of thiophene rings is 1. The van der Waals surface area contributed by atoms with E-state index in [0.717, 1.165) is 18.0 Å². The molecule has 0 atom stereocenters. The molecule has 1 amide bonds. The van der Waals surface area contributed by atoms with E-state index in [9.17, 15) is 4.79 Å². The fourth-order valence-corrected chi connectivity index (χ4v) is 2.42. The zero-order chi connectivity index (χ0) is 13.4. The average Bonchev–Trinajstić information content (AvgIpc) is 2.73. The first-order chi connectivity index (χ1) is 8.69. The number of carbonyl (C=O) groups excluding carboxylic acids is 1. The van der Waals surface area contributed by atoms with E-state index in [4.69, 9.17) is 5.73 Å². The Hall–Kier alpha value is -1.49. The van der Waals surface area contributed by atoms with E-state index in [-0.39, 0.29) is 5.91 Å². The van der Waals surface area contributed by atoms with Gasteiger partial charge in [0.15, 0.2) is 0 Å². The number of nitrogen functional groups attached to an aromatic ring is 1. The van der Waals surface area contributed by atoms with Gasteiger partial charge in [0.25, 0.3) is 5.91 Å². The summed E-state index contributed by atoms with van der Waals surface area (Å²) in [6, 6.07) is 1.82. The smallest absolute Gasteiger partial charge is 0.263 e. The minimum absolute atomic E-state index is 0.140. The second-order valence-electron chi connectivity index (χ2n) is 4.03. The molecule has 0 bridgehead atoms. The van der Waals surface area contributed by atoms with Gasteiger partial charge in [0.05, 0.1) is 10.7 Å². The van der Waals surface area contributed by atoms with Gasteiger partial charge < -0.3 is 16.4 Å². The van der Waals surface area contributed by atoms with Gasteiger partial charge >= 0.3 is 0 Å². The molecule has 0 aliphatic heterocycles. The molecule has 4 nitrogen and oxygen atoms in total. The van der Waals surface area contributed by atoms with Crippen molar-refractivity contribution in [1.82, 2.24) is 5.32 Å². The standard InChI is InChI=1S/C13H21N3OS/c1-3-5-6-8-15-11-9-10(14)12(18-11)13(17)16-7-4-2/h4,9,15H,2-3,5-8,14H2,1H3,(H,16,17). The van der Waals surface area contributed by atoms with Crippen LogP contribution in [0.1, 0.15) is 35.9 Å². The molecule has 1 aromatic rings. The lowest BCUT2D eigenvalue weighted by Gasteiger charge is -2.01. The molecule has 0 aromatic carbocycles. The van der Waals surface area contributed by atoms with Gasteiger partial charge in [-0.2, -0.15) is 0 Å². The number of amides is 1. The minimum atomic E-state index is -0.140. The van der Waals surface area contributed by atoms with E-state index >= 15 is 0 Å².